The molecule has 4 heteroatoms. The van der Waals surface area contributed by atoms with Crippen LogP contribution < -0.4 is 0 Å². The molecule has 13 heavy (non-hydrogen) atoms. The van der Waals surface area contributed by atoms with Crippen molar-refractivity contribution in [2.24, 2.45) is 0 Å². The first-order chi connectivity index (χ1) is 6.18. The van der Waals surface area contributed by atoms with E-state index in [1.54, 1.807) is 0 Å². The molecule has 1 aliphatic rings. The first kappa shape index (κ1) is 8.16. The third-order valence-electron chi connectivity index (χ3n) is 2.20. The summed E-state index contributed by atoms with van der Waals surface area (Å²) in [6.07, 6.45) is 1.87. The van der Waals surface area contributed by atoms with Crippen molar-refractivity contribution in [2.45, 2.75) is 18.8 Å². The Morgan fingerprint density at radius 2 is 2.15 bits per heavy atom. The average Bonchev–Trinajstić information content (AvgIpc) is 2.85. The maximum absolute atomic E-state index is 12.8. The van der Waals surface area contributed by atoms with Gasteiger partial charge in [0.1, 0.15) is 5.82 Å². The molecule has 1 saturated carbocycles. The Balaban J connectivity index is 2.47. The molecule has 0 saturated heterocycles. The summed E-state index contributed by atoms with van der Waals surface area (Å²) in [6, 6.07) is 3.64. The van der Waals surface area contributed by atoms with E-state index in [1.807, 2.05) is 0 Å². The Bertz CT molecular complexity index is 361. The molecule has 0 amide bonds. The molecule has 1 aromatic carbocycles. The maximum atomic E-state index is 12.8. The summed E-state index contributed by atoms with van der Waals surface area (Å²) >= 11 is 0. The second-order valence-electron chi connectivity index (χ2n) is 3.23. The molecule has 0 atom stereocenters. The third-order valence-corrected chi connectivity index (χ3v) is 2.20. The van der Waals surface area contributed by atoms with Crippen molar-refractivity contribution in [1.29, 1.82) is 0 Å². The van der Waals surface area contributed by atoms with Crippen molar-refractivity contribution in [2.75, 3.05) is 0 Å². The summed E-state index contributed by atoms with van der Waals surface area (Å²) in [7, 11) is 0. The molecule has 0 aliphatic heterocycles. The quantitative estimate of drug-likeness (QED) is 0.519. The molecular weight excluding hydrogens is 173 g/mol. The lowest BCUT2D eigenvalue weighted by molar-refractivity contribution is -0.385. The molecule has 0 aromatic heterocycles. The number of benzene rings is 1. The minimum Gasteiger partial charge on any atom is -0.258 e. The van der Waals surface area contributed by atoms with E-state index in [9.17, 15) is 14.5 Å². The molecule has 0 bridgehead atoms. The zero-order chi connectivity index (χ0) is 9.42. The first-order valence-electron chi connectivity index (χ1n) is 4.12. The predicted octanol–water partition coefficient (Wildman–Crippen LogP) is 2.61. The highest BCUT2D eigenvalue weighted by Gasteiger charge is 2.30. The van der Waals surface area contributed by atoms with Crippen LogP contribution in [-0.4, -0.2) is 4.92 Å². The molecule has 2 rings (SSSR count). The smallest absolute Gasteiger partial charge is 0.258 e. The van der Waals surface area contributed by atoms with E-state index in [2.05, 4.69) is 0 Å². The molecule has 1 fully saturated rings. The second kappa shape index (κ2) is 2.80. The van der Waals surface area contributed by atoms with Crippen LogP contribution in [0.4, 0.5) is 10.1 Å². The molecule has 1 aliphatic carbocycles. The molecule has 1 aromatic rings. The van der Waals surface area contributed by atoms with Crippen LogP contribution in [0.15, 0.2) is 18.2 Å². The summed E-state index contributed by atoms with van der Waals surface area (Å²) in [5.41, 5.74) is 0.592. The normalized spacial score (nSPS) is 15.8. The summed E-state index contributed by atoms with van der Waals surface area (Å²) < 4.78 is 12.8. The fourth-order valence-corrected chi connectivity index (χ4v) is 1.41. The molecule has 0 N–H and O–H groups in total. The number of hydrogen-bond donors (Lipinski definition) is 0. The van der Waals surface area contributed by atoms with Gasteiger partial charge in [0.15, 0.2) is 0 Å². The number of nitrogens with zero attached hydrogens (tertiary/aromatic N) is 1. The van der Waals surface area contributed by atoms with Gasteiger partial charge < -0.3 is 0 Å². The van der Waals surface area contributed by atoms with E-state index in [1.165, 1.54) is 12.1 Å². The zero-order valence-electron chi connectivity index (χ0n) is 6.87. The van der Waals surface area contributed by atoms with Crippen molar-refractivity contribution in [3.05, 3.63) is 39.7 Å². The van der Waals surface area contributed by atoms with Gasteiger partial charge in [0.25, 0.3) is 5.69 Å². The Morgan fingerprint density at radius 3 is 2.69 bits per heavy atom. The topological polar surface area (TPSA) is 43.1 Å². The zero-order valence-corrected chi connectivity index (χ0v) is 6.87. The summed E-state index contributed by atoms with van der Waals surface area (Å²) in [4.78, 5) is 10.1. The Hall–Kier alpha value is -1.45. The Kier molecular flexibility index (Phi) is 1.76. The average molecular weight is 181 g/mol. The monoisotopic (exact) mass is 181 g/mol. The van der Waals surface area contributed by atoms with E-state index in [-0.39, 0.29) is 11.6 Å². The lowest BCUT2D eigenvalue weighted by Crippen LogP contribution is -1.94. The van der Waals surface area contributed by atoms with Crippen LogP contribution in [0, 0.1) is 15.9 Å². The highest BCUT2D eigenvalue weighted by Crippen LogP contribution is 2.44. The minimum atomic E-state index is -0.451. The van der Waals surface area contributed by atoms with Gasteiger partial charge in [0.2, 0.25) is 0 Å². The minimum absolute atomic E-state index is 0.0453. The van der Waals surface area contributed by atoms with Crippen LogP contribution in [-0.2, 0) is 0 Å². The van der Waals surface area contributed by atoms with Gasteiger partial charge in [-0.15, -0.1) is 0 Å². The fourth-order valence-electron chi connectivity index (χ4n) is 1.41. The van der Waals surface area contributed by atoms with Gasteiger partial charge in [0.05, 0.1) is 4.92 Å². The van der Waals surface area contributed by atoms with Gasteiger partial charge in [0, 0.05) is 11.6 Å². The maximum Gasteiger partial charge on any atom is 0.273 e. The highest BCUT2D eigenvalue weighted by atomic mass is 19.1. The lowest BCUT2D eigenvalue weighted by Gasteiger charge is -1.99. The summed E-state index contributed by atoms with van der Waals surface area (Å²) in [5, 5.41) is 10.5. The largest absolute Gasteiger partial charge is 0.273 e. The van der Waals surface area contributed by atoms with E-state index in [0.29, 0.717) is 5.56 Å². The molecule has 3 nitrogen and oxygen atoms in total. The first-order valence-corrected chi connectivity index (χ1v) is 4.12. The molecule has 68 valence electrons. The predicted molar refractivity (Wildman–Crippen MR) is 45.0 cm³/mol. The van der Waals surface area contributed by atoms with Gasteiger partial charge in [-0.05, 0) is 30.9 Å². The summed E-state index contributed by atoms with van der Waals surface area (Å²) in [6.45, 7) is 0. The summed E-state index contributed by atoms with van der Waals surface area (Å²) in [5.74, 6) is -0.191. The van der Waals surface area contributed by atoms with Crippen LogP contribution in [0.3, 0.4) is 0 Å². The van der Waals surface area contributed by atoms with Crippen molar-refractivity contribution in [3.63, 3.8) is 0 Å². The Labute approximate surface area is 74.3 Å². The van der Waals surface area contributed by atoms with Gasteiger partial charge >= 0.3 is 0 Å². The van der Waals surface area contributed by atoms with Crippen LogP contribution in [0.5, 0.6) is 0 Å². The van der Waals surface area contributed by atoms with Gasteiger partial charge in [-0.3, -0.25) is 10.1 Å². The number of hydrogen-bond acceptors (Lipinski definition) is 2. The third kappa shape index (κ3) is 1.52. The van der Waals surface area contributed by atoms with Crippen molar-refractivity contribution in [3.8, 4) is 0 Å². The second-order valence-corrected chi connectivity index (χ2v) is 3.23. The molecule has 0 heterocycles. The van der Waals surface area contributed by atoms with Crippen molar-refractivity contribution in [1.82, 2.24) is 0 Å². The van der Waals surface area contributed by atoms with Gasteiger partial charge in [-0.25, -0.2) is 4.39 Å². The van der Waals surface area contributed by atoms with Crippen LogP contribution in [0.25, 0.3) is 0 Å². The van der Waals surface area contributed by atoms with E-state index in [4.69, 9.17) is 0 Å². The molecule has 0 unspecified atom stereocenters. The van der Waals surface area contributed by atoms with Gasteiger partial charge in [-0.1, -0.05) is 0 Å². The standard InChI is InChI=1S/C9H8FNO2/c10-7-3-4-9(11(12)13)8(5-7)6-1-2-6/h3-6H,1-2H2. The SMILES string of the molecule is O=[N+]([O-])c1ccc(F)cc1C1CC1. The van der Waals surface area contributed by atoms with Crippen molar-refractivity contribution >= 4 is 5.69 Å². The molecule has 0 spiro atoms. The molecule has 0 radical (unpaired) electrons. The number of halogens is 1. The van der Waals surface area contributed by atoms with Crippen LogP contribution >= 0.6 is 0 Å². The highest BCUT2D eigenvalue weighted by molar-refractivity contribution is 5.44. The van der Waals surface area contributed by atoms with E-state index < -0.39 is 10.7 Å². The van der Waals surface area contributed by atoms with Crippen LogP contribution in [0.1, 0.15) is 24.3 Å². The van der Waals surface area contributed by atoms with E-state index >= 15 is 0 Å². The lowest BCUT2D eigenvalue weighted by atomic mass is 10.1. The van der Waals surface area contributed by atoms with Gasteiger partial charge in [-0.2, -0.15) is 0 Å². The number of nitro groups is 1. The van der Waals surface area contributed by atoms with Crippen molar-refractivity contribution < 1.29 is 9.31 Å². The van der Waals surface area contributed by atoms with E-state index in [0.717, 1.165) is 18.9 Å². The number of rotatable bonds is 2. The fraction of sp³-hybridized carbons (Fsp3) is 0.333. The van der Waals surface area contributed by atoms with Crippen LogP contribution in [0.2, 0.25) is 0 Å². The number of nitro benzene ring substituents is 1. The molecular formula is C9H8FNO2. The Morgan fingerprint density at radius 1 is 1.46 bits per heavy atom.